The van der Waals surface area contributed by atoms with Crippen LogP contribution in [-0.4, -0.2) is 19.0 Å². The number of para-hydroxylation sites is 1. The Morgan fingerprint density at radius 3 is 2.44 bits per heavy atom. The van der Waals surface area contributed by atoms with E-state index in [-0.39, 0.29) is 17.1 Å². The number of benzene rings is 2. The number of hydrogen-bond acceptors (Lipinski definition) is 2. The van der Waals surface area contributed by atoms with Crippen molar-refractivity contribution in [3.8, 4) is 0 Å². The molecule has 2 rings (SSSR count). The number of alkyl halides is 3. The van der Waals surface area contributed by atoms with Gasteiger partial charge in [0.05, 0.1) is 11.3 Å². The third-order valence-electron chi connectivity index (χ3n) is 3.67. The number of rotatable bonds is 6. The zero-order chi connectivity index (χ0) is 18.4. The summed E-state index contributed by atoms with van der Waals surface area (Å²) >= 11 is 5.63. The standard InChI is InChI=1S/C18H18ClF3N2O/c1-2-24(14-6-4-3-5-7-14)11-10-17(25)23-16-9-8-13(19)12-15(16)18(20,21)22/h3-9,12H,2,10-11H2,1H3,(H,23,25). The molecule has 2 aromatic rings. The average molecular weight is 371 g/mol. The molecule has 0 fully saturated rings. The minimum Gasteiger partial charge on any atom is -0.371 e. The van der Waals surface area contributed by atoms with Gasteiger partial charge in [-0.2, -0.15) is 13.2 Å². The minimum atomic E-state index is -4.59. The molecule has 2 aromatic carbocycles. The molecule has 0 aliphatic carbocycles. The van der Waals surface area contributed by atoms with Crippen LogP contribution in [0.25, 0.3) is 0 Å². The summed E-state index contributed by atoms with van der Waals surface area (Å²) in [5.74, 6) is -0.484. The number of hydrogen-bond donors (Lipinski definition) is 1. The molecule has 0 bridgehead atoms. The van der Waals surface area contributed by atoms with E-state index in [1.54, 1.807) is 0 Å². The lowest BCUT2D eigenvalue weighted by molar-refractivity contribution is -0.137. The van der Waals surface area contributed by atoms with E-state index in [0.29, 0.717) is 13.1 Å². The van der Waals surface area contributed by atoms with Gasteiger partial charge in [0, 0.05) is 30.2 Å². The Kier molecular flexibility index (Phi) is 6.31. The molecule has 3 nitrogen and oxygen atoms in total. The number of carbonyl (C=O) groups excluding carboxylic acids is 1. The van der Waals surface area contributed by atoms with Gasteiger partial charge in [0.15, 0.2) is 0 Å². The van der Waals surface area contributed by atoms with Crippen molar-refractivity contribution in [3.63, 3.8) is 0 Å². The second-order valence-corrected chi connectivity index (χ2v) is 5.84. The van der Waals surface area contributed by atoms with Crippen LogP contribution < -0.4 is 10.2 Å². The van der Waals surface area contributed by atoms with Crippen LogP contribution in [0.5, 0.6) is 0 Å². The van der Waals surface area contributed by atoms with Crippen molar-refractivity contribution < 1.29 is 18.0 Å². The topological polar surface area (TPSA) is 32.3 Å². The number of carbonyl (C=O) groups is 1. The summed E-state index contributed by atoms with van der Waals surface area (Å²) < 4.78 is 39.2. The zero-order valence-electron chi connectivity index (χ0n) is 13.6. The largest absolute Gasteiger partial charge is 0.418 e. The molecule has 0 atom stereocenters. The monoisotopic (exact) mass is 370 g/mol. The fourth-order valence-corrected chi connectivity index (χ4v) is 2.59. The lowest BCUT2D eigenvalue weighted by Gasteiger charge is -2.23. The summed E-state index contributed by atoms with van der Waals surface area (Å²) in [6.45, 7) is 3.04. The molecule has 0 aromatic heterocycles. The molecule has 0 radical (unpaired) electrons. The van der Waals surface area contributed by atoms with Crippen molar-refractivity contribution in [2.45, 2.75) is 19.5 Å². The molecule has 0 saturated carbocycles. The Morgan fingerprint density at radius 1 is 1.16 bits per heavy atom. The third kappa shape index (κ3) is 5.39. The van der Waals surface area contributed by atoms with Crippen LogP contribution in [0.3, 0.4) is 0 Å². The van der Waals surface area contributed by atoms with Crippen LogP contribution in [-0.2, 0) is 11.0 Å². The van der Waals surface area contributed by atoms with Gasteiger partial charge < -0.3 is 10.2 Å². The highest BCUT2D eigenvalue weighted by Crippen LogP contribution is 2.36. The van der Waals surface area contributed by atoms with Gasteiger partial charge in [-0.05, 0) is 37.3 Å². The van der Waals surface area contributed by atoms with Crippen molar-refractivity contribution in [2.75, 3.05) is 23.3 Å². The molecule has 0 aliphatic rings. The molecule has 1 N–H and O–H groups in total. The smallest absolute Gasteiger partial charge is 0.371 e. The van der Waals surface area contributed by atoms with Crippen molar-refractivity contribution in [3.05, 3.63) is 59.1 Å². The maximum Gasteiger partial charge on any atom is 0.418 e. The van der Waals surface area contributed by atoms with Crippen molar-refractivity contribution >= 4 is 28.9 Å². The fraction of sp³-hybridized carbons (Fsp3) is 0.278. The Balaban J connectivity index is 2.03. The Hall–Kier alpha value is -2.21. The van der Waals surface area contributed by atoms with Gasteiger partial charge in [0.2, 0.25) is 5.91 Å². The Bertz CT molecular complexity index is 720. The van der Waals surface area contributed by atoms with Crippen LogP contribution in [0.2, 0.25) is 5.02 Å². The summed E-state index contributed by atoms with van der Waals surface area (Å²) in [5, 5.41) is 2.30. The molecule has 0 heterocycles. The van der Waals surface area contributed by atoms with Gasteiger partial charge in [-0.15, -0.1) is 0 Å². The van der Waals surface area contributed by atoms with Crippen LogP contribution in [0.4, 0.5) is 24.5 Å². The number of nitrogens with one attached hydrogen (secondary N) is 1. The third-order valence-corrected chi connectivity index (χ3v) is 3.91. The second-order valence-electron chi connectivity index (χ2n) is 5.40. The zero-order valence-corrected chi connectivity index (χ0v) is 14.4. The van der Waals surface area contributed by atoms with Gasteiger partial charge in [-0.3, -0.25) is 4.79 Å². The van der Waals surface area contributed by atoms with Gasteiger partial charge in [-0.1, -0.05) is 29.8 Å². The highest BCUT2D eigenvalue weighted by molar-refractivity contribution is 6.30. The van der Waals surface area contributed by atoms with Crippen LogP contribution in [0.1, 0.15) is 18.9 Å². The van der Waals surface area contributed by atoms with Crippen molar-refractivity contribution in [1.82, 2.24) is 0 Å². The molecule has 0 saturated heterocycles. The molecule has 134 valence electrons. The summed E-state index contributed by atoms with van der Waals surface area (Å²) in [7, 11) is 0. The minimum absolute atomic E-state index is 0.0356. The van der Waals surface area contributed by atoms with E-state index in [9.17, 15) is 18.0 Å². The maximum atomic E-state index is 13.1. The first kappa shape index (κ1) is 19.1. The van der Waals surface area contributed by atoms with E-state index in [1.807, 2.05) is 42.2 Å². The summed E-state index contributed by atoms with van der Waals surface area (Å²) in [4.78, 5) is 14.1. The summed E-state index contributed by atoms with van der Waals surface area (Å²) in [5.41, 5.74) is -0.284. The molecule has 1 amide bonds. The molecular weight excluding hydrogens is 353 g/mol. The number of nitrogens with zero attached hydrogens (tertiary/aromatic N) is 1. The van der Waals surface area contributed by atoms with Crippen LogP contribution >= 0.6 is 11.6 Å². The van der Waals surface area contributed by atoms with E-state index >= 15 is 0 Å². The highest BCUT2D eigenvalue weighted by atomic mass is 35.5. The highest BCUT2D eigenvalue weighted by Gasteiger charge is 2.34. The molecule has 25 heavy (non-hydrogen) atoms. The Labute approximate surface area is 149 Å². The second kappa shape index (κ2) is 8.25. The van der Waals surface area contributed by atoms with E-state index in [2.05, 4.69) is 5.32 Å². The first-order valence-electron chi connectivity index (χ1n) is 7.78. The Morgan fingerprint density at radius 2 is 1.84 bits per heavy atom. The number of anilines is 2. The quantitative estimate of drug-likeness (QED) is 0.756. The lowest BCUT2D eigenvalue weighted by atomic mass is 10.1. The van der Waals surface area contributed by atoms with E-state index in [1.165, 1.54) is 6.07 Å². The predicted octanol–water partition coefficient (Wildman–Crippen LogP) is 5.21. The van der Waals surface area contributed by atoms with E-state index < -0.39 is 17.6 Å². The molecule has 0 spiro atoms. The average Bonchev–Trinajstić information content (AvgIpc) is 2.57. The number of amides is 1. The fourth-order valence-electron chi connectivity index (χ4n) is 2.42. The van der Waals surface area contributed by atoms with Crippen LogP contribution in [0, 0.1) is 0 Å². The molecule has 0 aliphatic heterocycles. The molecule has 0 unspecified atom stereocenters. The predicted molar refractivity (Wildman–Crippen MR) is 94.0 cm³/mol. The lowest BCUT2D eigenvalue weighted by Crippen LogP contribution is -2.27. The normalized spacial score (nSPS) is 11.2. The molecular formula is C18H18ClF3N2O. The summed E-state index contributed by atoms with van der Waals surface area (Å²) in [6.07, 6.45) is -4.52. The van der Waals surface area contributed by atoms with Crippen molar-refractivity contribution in [2.24, 2.45) is 0 Å². The number of halogens is 4. The summed E-state index contributed by atoms with van der Waals surface area (Å²) in [6, 6.07) is 12.8. The van der Waals surface area contributed by atoms with E-state index in [4.69, 9.17) is 11.6 Å². The van der Waals surface area contributed by atoms with Gasteiger partial charge in [0.1, 0.15) is 0 Å². The maximum absolute atomic E-state index is 13.1. The first-order chi connectivity index (χ1) is 11.8. The first-order valence-corrected chi connectivity index (χ1v) is 8.15. The van der Waals surface area contributed by atoms with Gasteiger partial charge in [-0.25, -0.2) is 0 Å². The molecule has 7 heteroatoms. The SMILES string of the molecule is CCN(CCC(=O)Nc1ccc(Cl)cc1C(F)(F)F)c1ccccc1. The van der Waals surface area contributed by atoms with Gasteiger partial charge >= 0.3 is 6.18 Å². The van der Waals surface area contributed by atoms with E-state index in [0.717, 1.165) is 17.8 Å². The van der Waals surface area contributed by atoms with Gasteiger partial charge in [0.25, 0.3) is 0 Å². The van der Waals surface area contributed by atoms with Crippen molar-refractivity contribution in [1.29, 1.82) is 0 Å². The van der Waals surface area contributed by atoms with Crippen LogP contribution in [0.15, 0.2) is 48.5 Å².